The molecule has 3 heteroatoms. The summed E-state index contributed by atoms with van der Waals surface area (Å²) in [5.41, 5.74) is 0. The molecule has 0 aliphatic heterocycles. The SMILES string of the molecule is CNC(=O)C[SiH3]. The van der Waals surface area contributed by atoms with Crippen LogP contribution in [0.25, 0.3) is 0 Å². The van der Waals surface area contributed by atoms with Gasteiger partial charge in [-0.1, -0.05) is 0 Å². The maximum absolute atomic E-state index is 10.1. The Morgan fingerprint density at radius 1 is 2.00 bits per heavy atom. The van der Waals surface area contributed by atoms with Crippen LogP contribution in [0, 0.1) is 0 Å². The fourth-order valence-electron chi connectivity index (χ4n) is 0.177. The fraction of sp³-hybridized carbons (Fsp3) is 0.667. The number of carbonyl (C=O) groups excluding carboxylic acids is 1. The second-order valence-electron chi connectivity index (χ2n) is 1.03. The molecule has 0 aromatic heterocycles. The molecule has 0 atom stereocenters. The largest absolute Gasteiger partial charge is 0.359 e. The van der Waals surface area contributed by atoms with Crippen LogP contribution in [0.2, 0.25) is 6.04 Å². The van der Waals surface area contributed by atoms with Crippen LogP contribution in [-0.4, -0.2) is 23.2 Å². The molecular weight excluding hydrogens is 94.1 g/mol. The molecule has 0 aliphatic rings. The Bertz CT molecular complexity index is 48.8. The predicted octanol–water partition coefficient (Wildman–Crippen LogP) is -1.48. The van der Waals surface area contributed by atoms with E-state index in [1.54, 1.807) is 7.05 Å². The minimum absolute atomic E-state index is 0.154. The molecule has 0 aromatic rings. The normalized spacial score (nSPS) is 8.17. The van der Waals surface area contributed by atoms with Crippen LogP contribution in [0.15, 0.2) is 0 Å². The van der Waals surface area contributed by atoms with Crippen molar-refractivity contribution in [2.45, 2.75) is 6.04 Å². The van der Waals surface area contributed by atoms with Crippen molar-refractivity contribution in [3.8, 4) is 0 Å². The predicted molar refractivity (Wildman–Crippen MR) is 28.8 cm³/mol. The average molecular weight is 103 g/mol. The number of amides is 1. The summed E-state index contributed by atoms with van der Waals surface area (Å²) in [6, 6.07) is 0.719. The topological polar surface area (TPSA) is 29.1 Å². The lowest BCUT2D eigenvalue weighted by Gasteiger charge is -1.87. The summed E-state index contributed by atoms with van der Waals surface area (Å²) in [5, 5.41) is 2.51. The van der Waals surface area contributed by atoms with Crippen LogP contribution < -0.4 is 5.32 Å². The van der Waals surface area contributed by atoms with Crippen molar-refractivity contribution < 1.29 is 4.79 Å². The first-order valence-electron chi connectivity index (χ1n) is 2.01. The van der Waals surface area contributed by atoms with Crippen molar-refractivity contribution in [3.63, 3.8) is 0 Å². The molecule has 2 nitrogen and oxygen atoms in total. The lowest BCUT2D eigenvalue weighted by Crippen LogP contribution is -2.15. The summed E-state index contributed by atoms with van der Waals surface area (Å²) in [6.07, 6.45) is 0. The van der Waals surface area contributed by atoms with Gasteiger partial charge in [-0.25, -0.2) is 0 Å². The maximum atomic E-state index is 10.1. The van der Waals surface area contributed by atoms with Crippen molar-refractivity contribution in [3.05, 3.63) is 0 Å². The standard InChI is InChI=1S/C3H9NOSi/c1-4-3(5)2-6/h2H2,1,6H3,(H,4,5). The summed E-state index contributed by atoms with van der Waals surface area (Å²) < 4.78 is 0. The highest BCUT2D eigenvalue weighted by Gasteiger charge is 1.84. The monoisotopic (exact) mass is 103 g/mol. The average Bonchev–Trinajstić information content (AvgIpc) is 1.65. The van der Waals surface area contributed by atoms with E-state index in [1.807, 2.05) is 0 Å². The molecule has 1 amide bonds. The summed E-state index contributed by atoms with van der Waals surface area (Å²) in [5.74, 6) is 0.154. The zero-order valence-corrected chi connectivity index (χ0v) is 6.12. The molecule has 0 aromatic carbocycles. The van der Waals surface area contributed by atoms with Gasteiger partial charge in [0.1, 0.15) is 0 Å². The Morgan fingerprint density at radius 2 is 2.50 bits per heavy atom. The third-order valence-corrected chi connectivity index (χ3v) is 1.24. The third kappa shape index (κ3) is 1.96. The van der Waals surface area contributed by atoms with Gasteiger partial charge in [-0.05, 0) is 0 Å². The Kier molecular flexibility index (Phi) is 2.75. The van der Waals surface area contributed by atoms with Gasteiger partial charge in [-0.2, -0.15) is 0 Å². The van der Waals surface area contributed by atoms with E-state index in [0.29, 0.717) is 0 Å². The highest BCUT2D eigenvalue weighted by molar-refractivity contribution is 6.19. The van der Waals surface area contributed by atoms with Gasteiger partial charge in [0.25, 0.3) is 0 Å². The maximum Gasteiger partial charge on any atom is 0.216 e. The van der Waals surface area contributed by atoms with Crippen molar-refractivity contribution in [2.24, 2.45) is 0 Å². The quantitative estimate of drug-likeness (QED) is 0.403. The van der Waals surface area contributed by atoms with Crippen LogP contribution in [0.1, 0.15) is 0 Å². The van der Waals surface area contributed by atoms with Crippen molar-refractivity contribution in [1.82, 2.24) is 5.32 Å². The minimum atomic E-state index is 0.154. The number of hydrogen-bond donors (Lipinski definition) is 1. The van der Waals surface area contributed by atoms with E-state index in [0.717, 1.165) is 16.3 Å². The van der Waals surface area contributed by atoms with Crippen molar-refractivity contribution in [1.29, 1.82) is 0 Å². The molecule has 0 radical (unpaired) electrons. The molecule has 6 heavy (non-hydrogen) atoms. The van der Waals surface area contributed by atoms with Gasteiger partial charge in [0.2, 0.25) is 5.91 Å². The van der Waals surface area contributed by atoms with E-state index in [2.05, 4.69) is 5.32 Å². The number of nitrogens with one attached hydrogen (secondary N) is 1. The first-order chi connectivity index (χ1) is 2.81. The van der Waals surface area contributed by atoms with Crippen molar-refractivity contribution >= 4 is 16.1 Å². The molecule has 0 heterocycles. The summed E-state index contributed by atoms with van der Waals surface area (Å²) >= 11 is 0. The van der Waals surface area contributed by atoms with Crippen LogP contribution in [0.5, 0.6) is 0 Å². The van der Waals surface area contributed by atoms with Gasteiger partial charge < -0.3 is 5.32 Å². The third-order valence-electron chi connectivity index (χ3n) is 0.600. The van der Waals surface area contributed by atoms with Gasteiger partial charge >= 0.3 is 0 Å². The molecule has 0 unspecified atom stereocenters. The van der Waals surface area contributed by atoms with E-state index in [-0.39, 0.29) is 5.91 Å². The van der Waals surface area contributed by atoms with Gasteiger partial charge in [-0.3, -0.25) is 4.79 Å². The van der Waals surface area contributed by atoms with E-state index in [1.165, 1.54) is 0 Å². The second kappa shape index (κ2) is 2.90. The van der Waals surface area contributed by atoms with Crippen LogP contribution >= 0.6 is 0 Å². The number of hydrogen-bond acceptors (Lipinski definition) is 1. The van der Waals surface area contributed by atoms with E-state index in [9.17, 15) is 4.79 Å². The lowest BCUT2D eigenvalue weighted by molar-refractivity contribution is -0.118. The van der Waals surface area contributed by atoms with Gasteiger partial charge in [-0.15, -0.1) is 0 Å². The lowest BCUT2D eigenvalue weighted by atomic mass is 10.7. The van der Waals surface area contributed by atoms with Crippen LogP contribution in [0.4, 0.5) is 0 Å². The zero-order valence-electron chi connectivity index (χ0n) is 4.12. The molecule has 0 fully saturated rings. The Hall–Kier alpha value is -0.313. The van der Waals surface area contributed by atoms with Gasteiger partial charge in [0, 0.05) is 23.3 Å². The zero-order chi connectivity index (χ0) is 4.99. The van der Waals surface area contributed by atoms with E-state index in [4.69, 9.17) is 0 Å². The van der Waals surface area contributed by atoms with E-state index >= 15 is 0 Å². The number of rotatable bonds is 1. The smallest absolute Gasteiger partial charge is 0.216 e. The molecular formula is C3H9NOSi. The minimum Gasteiger partial charge on any atom is -0.359 e. The summed E-state index contributed by atoms with van der Waals surface area (Å²) in [7, 11) is 2.62. The number of carbonyl (C=O) groups is 1. The Morgan fingerprint density at radius 3 is 2.50 bits per heavy atom. The van der Waals surface area contributed by atoms with Crippen LogP contribution in [-0.2, 0) is 4.79 Å². The van der Waals surface area contributed by atoms with Gasteiger partial charge in [0.05, 0.1) is 0 Å². The Labute approximate surface area is 40.4 Å². The molecule has 0 saturated carbocycles. The molecule has 0 spiro atoms. The summed E-state index contributed by atoms with van der Waals surface area (Å²) in [6.45, 7) is 0. The first kappa shape index (κ1) is 5.69. The molecule has 0 bridgehead atoms. The van der Waals surface area contributed by atoms with Crippen molar-refractivity contribution in [2.75, 3.05) is 7.05 Å². The molecule has 0 aliphatic carbocycles. The van der Waals surface area contributed by atoms with Gasteiger partial charge in [0.15, 0.2) is 0 Å². The summed E-state index contributed by atoms with van der Waals surface area (Å²) in [4.78, 5) is 10.1. The highest BCUT2D eigenvalue weighted by atomic mass is 28.1. The molecule has 36 valence electrons. The fourth-order valence-corrected chi connectivity index (χ4v) is 0.530. The van der Waals surface area contributed by atoms with E-state index < -0.39 is 0 Å². The Balaban J connectivity index is 2.99. The molecule has 0 rings (SSSR count). The molecule has 0 saturated heterocycles. The van der Waals surface area contributed by atoms with Crippen LogP contribution in [0.3, 0.4) is 0 Å². The highest BCUT2D eigenvalue weighted by Crippen LogP contribution is 1.64. The molecule has 1 N–H and O–H groups in total. The first-order valence-corrected chi connectivity index (χ1v) is 3.43. The second-order valence-corrected chi connectivity index (χ2v) is 1.73.